The number of para-hydroxylation sites is 1. The van der Waals surface area contributed by atoms with Gasteiger partial charge >= 0.3 is 5.97 Å². The number of amides is 1. The van der Waals surface area contributed by atoms with Crippen LogP contribution in [0.25, 0.3) is 0 Å². The highest BCUT2D eigenvalue weighted by atomic mass is 35.5. The molecule has 0 saturated carbocycles. The van der Waals surface area contributed by atoms with E-state index in [0.717, 1.165) is 4.90 Å². The van der Waals surface area contributed by atoms with Gasteiger partial charge < -0.3 is 10.1 Å². The summed E-state index contributed by atoms with van der Waals surface area (Å²) in [5.74, 6) is -1.14. The first-order valence-corrected chi connectivity index (χ1v) is 8.55. The predicted octanol–water partition coefficient (Wildman–Crippen LogP) is 4.51. The summed E-state index contributed by atoms with van der Waals surface area (Å²) in [5.41, 5.74) is 0.790. The summed E-state index contributed by atoms with van der Waals surface area (Å²) in [5, 5.41) is 3.05. The average Bonchev–Trinajstić information content (AvgIpc) is 2.55. The van der Waals surface area contributed by atoms with Crippen molar-refractivity contribution in [2.75, 3.05) is 18.2 Å². The van der Waals surface area contributed by atoms with E-state index in [1.807, 2.05) is 24.5 Å². The fourth-order valence-electron chi connectivity index (χ4n) is 1.80. The second-order valence-corrected chi connectivity index (χ2v) is 6.06. The van der Waals surface area contributed by atoms with Crippen LogP contribution in [0, 0.1) is 0 Å². The number of hydrogen-bond donors (Lipinski definition) is 1. The summed E-state index contributed by atoms with van der Waals surface area (Å²) in [4.78, 5) is 24.8. The van der Waals surface area contributed by atoms with Crippen LogP contribution in [-0.4, -0.2) is 24.7 Å². The monoisotopic (exact) mass is 369 g/mol. The van der Waals surface area contributed by atoms with E-state index in [9.17, 15) is 9.59 Å². The van der Waals surface area contributed by atoms with Crippen LogP contribution in [0.4, 0.5) is 5.69 Å². The Labute approximate surface area is 148 Å². The molecule has 0 aliphatic rings. The van der Waals surface area contributed by atoms with Crippen LogP contribution in [-0.2, 0) is 9.53 Å². The molecule has 23 heavy (non-hydrogen) atoms. The number of nitrogens with one attached hydrogen (secondary N) is 1. The largest absolute Gasteiger partial charge is 0.452 e. The van der Waals surface area contributed by atoms with Crippen LogP contribution in [0.1, 0.15) is 10.4 Å². The number of benzene rings is 2. The van der Waals surface area contributed by atoms with E-state index in [2.05, 4.69) is 5.32 Å². The van der Waals surface area contributed by atoms with Crippen molar-refractivity contribution in [1.29, 1.82) is 0 Å². The Morgan fingerprint density at radius 2 is 1.87 bits per heavy atom. The van der Waals surface area contributed by atoms with Crippen molar-refractivity contribution < 1.29 is 14.3 Å². The number of hydrogen-bond acceptors (Lipinski definition) is 4. The molecule has 1 amide bonds. The van der Waals surface area contributed by atoms with Gasteiger partial charge in [-0.1, -0.05) is 41.4 Å². The van der Waals surface area contributed by atoms with Gasteiger partial charge in [-0.25, -0.2) is 4.79 Å². The number of halogens is 2. The van der Waals surface area contributed by atoms with E-state index in [1.54, 1.807) is 18.2 Å². The van der Waals surface area contributed by atoms with Crippen molar-refractivity contribution >= 4 is 52.5 Å². The minimum Gasteiger partial charge on any atom is -0.452 e. The topological polar surface area (TPSA) is 55.4 Å². The lowest BCUT2D eigenvalue weighted by molar-refractivity contribution is -0.119. The first-order chi connectivity index (χ1) is 11.0. The molecule has 0 spiro atoms. The van der Waals surface area contributed by atoms with Crippen LogP contribution < -0.4 is 5.32 Å². The number of anilines is 1. The molecule has 7 heteroatoms. The van der Waals surface area contributed by atoms with E-state index in [-0.39, 0.29) is 15.6 Å². The third-order valence-corrected chi connectivity index (χ3v) is 4.50. The molecule has 0 aliphatic heterocycles. The summed E-state index contributed by atoms with van der Waals surface area (Å²) in [7, 11) is 0. The van der Waals surface area contributed by atoms with Crippen molar-refractivity contribution in [3.05, 3.63) is 58.1 Å². The molecule has 0 heterocycles. The molecule has 120 valence electrons. The van der Waals surface area contributed by atoms with E-state index in [1.165, 1.54) is 17.8 Å². The van der Waals surface area contributed by atoms with Crippen molar-refractivity contribution in [2.45, 2.75) is 4.90 Å². The number of thioether (sulfide) groups is 1. The maximum absolute atomic E-state index is 11.9. The van der Waals surface area contributed by atoms with Gasteiger partial charge in [0.2, 0.25) is 0 Å². The van der Waals surface area contributed by atoms with Crippen LogP contribution in [0.15, 0.2) is 47.4 Å². The molecule has 2 aromatic carbocycles. The summed E-state index contributed by atoms with van der Waals surface area (Å²) in [6.45, 7) is -0.412. The highest BCUT2D eigenvalue weighted by Crippen LogP contribution is 2.26. The maximum atomic E-state index is 11.9. The van der Waals surface area contributed by atoms with Crippen molar-refractivity contribution in [2.24, 2.45) is 0 Å². The molecular weight excluding hydrogens is 357 g/mol. The lowest BCUT2D eigenvalue weighted by Crippen LogP contribution is -2.21. The number of carbonyl (C=O) groups is 2. The zero-order valence-electron chi connectivity index (χ0n) is 12.1. The zero-order valence-corrected chi connectivity index (χ0v) is 14.5. The van der Waals surface area contributed by atoms with Gasteiger partial charge in [0.25, 0.3) is 5.91 Å². The number of esters is 1. The van der Waals surface area contributed by atoms with E-state index in [4.69, 9.17) is 27.9 Å². The van der Waals surface area contributed by atoms with Crippen LogP contribution >= 0.6 is 35.0 Å². The minimum absolute atomic E-state index is 0.104. The van der Waals surface area contributed by atoms with Crippen molar-refractivity contribution in [3.8, 4) is 0 Å². The molecule has 0 unspecified atom stereocenters. The summed E-state index contributed by atoms with van der Waals surface area (Å²) >= 11 is 13.3. The van der Waals surface area contributed by atoms with Gasteiger partial charge in [-0.15, -0.1) is 11.8 Å². The Balaban J connectivity index is 1.96. The fourth-order valence-corrected chi connectivity index (χ4v) is 2.74. The van der Waals surface area contributed by atoms with Gasteiger partial charge in [0.05, 0.1) is 21.3 Å². The summed E-state index contributed by atoms with van der Waals surface area (Å²) in [6, 6.07) is 12.0. The highest BCUT2D eigenvalue weighted by molar-refractivity contribution is 7.98. The SMILES string of the molecule is CSc1ccccc1NC(=O)COC(=O)c1cccc(Cl)c1Cl. The van der Waals surface area contributed by atoms with Gasteiger partial charge in [-0.2, -0.15) is 0 Å². The smallest absolute Gasteiger partial charge is 0.340 e. The Kier molecular flexibility index (Phi) is 6.33. The Morgan fingerprint density at radius 3 is 2.61 bits per heavy atom. The van der Waals surface area contributed by atoms with E-state index >= 15 is 0 Å². The summed E-state index contributed by atoms with van der Waals surface area (Å²) < 4.78 is 4.97. The van der Waals surface area contributed by atoms with Crippen molar-refractivity contribution in [1.82, 2.24) is 0 Å². The third-order valence-electron chi connectivity index (χ3n) is 2.89. The first kappa shape index (κ1) is 17.7. The summed E-state index contributed by atoms with van der Waals surface area (Å²) in [6.07, 6.45) is 1.91. The molecule has 0 atom stereocenters. The van der Waals surface area contributed by atoms with Crippen LogP contribution in [0.5, 0.6) is 0 Å². The number of ether oxygens (including phenoxy) is 1. The Bertz CT molecular complexity index is 737. The molecular formula is C16H13Cl2NO3S. The minimum atomic E-state index is -0.703. The predicted molar refractivity (Wildman–Crippen MR) is 93.6 cm³/mol. The zero-order chi connectivity index (χ0) is 16.8. The fraction of sp³-hybridized carbons (Fsp3) is 0.125. The third kappa shape index (κ3) is 4.64. The van der Waals surface area contributed by atoms with Crippen LogP contribution in [0.3, 0.4) is 0 Å². The lowest BCUT2D eigenvalue weighted by Gasteiger charge is -2.10. The second-order valence-electron chi connectivity index (χ2n) is 4.43. The maximum Gasteiger partial charge on any atom is 0.340 e. The number of rotatable bonds is 5. The highest BCUT2D eigenvalue weighted by Gasteiger charge is 2.16. The molecule has 0 fully saturated rings. The Hall–Kier alpha value is -1.69. The van der Waals surface area contributed by atoms with Gasteiger partial charge in [0.15, 0.2) is 6.61 Å². The first-order valence-electron chi connectivity index (χ1n) is 6.57. The normalized spacial score (nSPS) is 10.2. The lowest BCUT2D eigenvalue weighted by atomic mass is 10.2. The molecule has 1 N–H and O–H groups in total. The molecule has 0 bridgehead atoms. The molecule has 0 radical (unpaired) electrons. The molecule has 0 aromatic heterocycles. The molecule has 2 aromatic rings. The quantitative estimate of drug-likeness (QED) is 0.622. The van der Waals surface area contributed by atoms with E-state index in [0.29, 0.717) is 5.69 Å². The van der Waals surface area contributed by atoms with Gasteiger partial charge in [0, 0.05) is 4.90 Å². The molecule has 4 nitrogen and oxygen atoms in total. The standard InChI is InChI=1S/C16H13Cl2NO3S/c1-23-13-8-3-2-7-12(13)19-14(20)9-22-16(21)10-5-4-6-11(17)15(10)18/h2-8H,9H2,1H3,(H,19,20). The Morgan fingerprint density at radius 1 is 1.13 bits per heavy atom. The van der Waals surface area contributed by atoms with Gasteiger partial charge in [0.1, 0.15) is 0 Å². The van der Waals surface area contributed by atoms with Gasteiger partial charge in [-0.05, 0) is 30.5 Å². The van der Waals surface area contributed by atoms with Crippen molar-refractivity contribution in [3.63, 3.8) is 0 Å². The molecule has 0 aliphatic carbocycles. The van der Waals surface area contributed by atoms with Crippen LogP contribution in [0.2, 0.25) is 10.0 Å². The molecule has 2 rings (SSSR count). The van der Waals surface area contributed by atoms with Gasteiger partial charge in [-0.3, -0.25) is 4.79 Å². The molecule has 0 saturated heterocycles. The van der Waals surface area contributed by atoms with E-state index < -0.39 is 18.5 Å². The second kappa shape index (κ2) is 8.24. The number of carbonyl (C=O) groups excluding carboxylic acids is 2. The average molecular weight is 370 g/mol.